The topological polar surface area (TPSA) is 41.1 Å². The highest BCUT2D eigenvalue weighted by molar-refractivity contribution is 6.04. The van der Waals surface area contributed by atoms with Crippen LogP contribution in [0.2, 0.25) is 0 Å². The molecule has 0 saturated carbocycles. The lowest BCUT2D eigenvalue weighted by Gasteiger charge is -2.09. The Morgan fingerprint density at radius 3 is 2.25 bits per heavy atom. The molecule has 0 aromatic heterocycles. The molecule has 5 heteroatoms. The van der Waals surface area contributed by atoms with E-state index in [0.29, 0.717) is 12.2 Å². The number of nitrogens with one attached hydrogen (secondary N) is 2. The van der Waals surface area contributed by atoms with Gasteiger partial charge in [-0.05, 0) is 31.2 Å². The molecular weight excluding hydrogens is 262 g/mol. The van der Waals surface area contributed by atoms with Gasteiger partial charge in [-0.2, -0.15) is 0 Å². The zero-order valence-electron chi connectivity index (χ0n) is 10.9. The van der Waals surface area contributed by atoms with Crippen LogP contribution in [0.15, 0.2) is 42.5 Å². The minimum absolute atomic E-state index is 0.0643. The summed E-state index contributed by atoms with van der Waals surface area (Å²) in [5.74, 6) is -2.13. The Hall–Kier alpha value is -2.43. The number of carbonyl (C=O) groups is 1. The Morgan fingerprint density at radius 2 is 1.70 bits per heavy atom. The summed E-state index contributed by atoms with van der Waals surface area (Å²) < 4.78 is 27.4. The van der Waals surface area contributed by atoms with E-state index in [1.165, 1.54) is 0 Å². The summed E-state index contributed by atoms with van der Waals surface area (Å²) in [6, 6.07) is 10.7. The van der Waals surface area contributed by atoms with Crippen molar-refractivity contribution in [3.63, 3.8) is 0 Å². The summed E-state index contributed by atoms with van der Waals surface area (Å²) in [6.07, 6.45) is 0. The van der Waals surface area contributed by atoms with E-state index in [1.807, 2.05) is 0 Å². The quantitative estimate of drug-likeness (QED) is 0.895. The molecule has 104 valence electrons. The zero-order valence-corrected chi connectivity index (χ0v) is 10.9. The molecule has 0 aliphatic carbocycles. The van der Waals surface area contributed by atoms with Crippen molar-refractivity contribution in [2.24, 2.45) is 0 Å². The van der Waals surface area contributed by atoms with Gasteiger partial charge < -0.3 is 10.6 Å². The molecule has 0 radical (unpaired) electrons. The minimum Gasteiger partial charge on any atom is -0.381 e. The summed E-state index contributed by atoms with van der Waals surface area (Å²) >= 11 is 0. The molecule has 1 amide bonds. The minimum atomic E-state index is -0.787. The number of anilines is 2. The van der Waals surface area contributed by atoms with Crippen LogP contribution in [0.4, 0.5) is 20.2 Å². The number of rotatable bonds is 4. The highest BCUT2D eigenvalue weighted by Gasteiger charge is 2.14. The van der Waals surface area contributed by atoms with Gasteiger partial charge in [-0.25, -0.2) is 8.78 Å². The van der Waals surface area contributed by atoms with E-state index in [9.17, 15) is 13.6 Å². The Labute approximate surface area is 115 Å². The maximum Gasteiger partial charge on any atom is 0.255 e. The molecule has 3 nitrogen and oxygen atoms in total. The first-order valence-electron chi connectivity index (χ1n) is 6.21. The van der Waals surface area contributed by atoms with Crippen LogP contribution >= 0.6 is 0 Å². The molecule has 0 atom stereocenters. The predicted octanol–water partition coefficient (Wildman–Crippen LogP) is 3.65. The molecule has 0 fully saturated rings. The molecule has 2 aromatic rings. The van der Waals surface area contributed by atoms with Gasteiger partial charge in [0.2, 0.25) is 0 Å². The Bertz CT molecular complexity index is 592. The summed E-state index contributed by atoms with van der Waals surface area (Å²) in [5, 5.41) is 5.15. The summed E-state index contributed by atoms with van der Waals surface area (Å²) in [5.41, 5.74) is 0.281. The van der Waals surface area contributed by atoms with Crippen molar-refractivity contribution in [2.45, 2.75) is 6.92 Å². The summed E-state index contributed by atoms with van der Waals surface area (Å²) in [4.78, 5) is 11.9. The third-order valence-electron chi connectivity index (χ3n) is 2.69. The third-order valence-corrected chi connectivity index (χ3v) is 2.69. The van der Waals surface area contributed by atoms with E-state index in [-0.39, 0.29) is 11.3 Å². The van der Waals surface area contributed by atoms with Crippen LogP contribution in [-0.2, 0) is 0 Å². The van der Waals surface area contributed by atoms with Gasteiger partial charge in [0.1, 0.15) is 17.3 Å². The van der Waals surface area contributed by atoms with Crippen molar-refractivity contribution in [1.82, 2.24) is 0 Å². The Balaban J connectivity index is 2.23. The SMILES string of the molecule is CCNc1c(F)cc(C(=O)Nc2ccccc2)cc1F. The van der Waals surface area contributed by atoms with Crippen LogP contribution in [0.25, 0.3) is 0 Å². The molecule has 0 aliphatic heterocycles. The van der Waals surface area contributed by atoms with E-state index in [2.05, 4.69) is 10.6 Å². The van der Waals surface area contributed by atoms with Crippen molar-refractivity contribution >= 4 is 17.3 Å². The van der Waals surface area contributed by atoms with E-state index in [0.717, 1.165) is 12.1 Å². The zero-order chi connectivity index (χ0) is 14.5. The first-order valence-corrected chi connectivity index (χ1v) is 6.21. The van der Waals surface area contributed by atoms with Gasteiger partial charge in [0.25, 0.3) is 5.91 Å². The molecule has 2 rings (SSSR count). The van der Waals surface area contributed by atoms with Crippen LogP contribution in [0.5, 0.6) is 0 Å². The maximum atomic E-state index is 13.7. The number of carbonyl (C=O) groups excluding carboxylic acids is 1. The van der Waals surface area contributed by atoms with E-state index in [1.54, 1.807) is 37.3 Å². The van der Waals surface area contributed by atoms with E-state index in [4.69, 9.17) is 0 Å². The number of amides is 1. The highest BCUT2D eigenvalue weighted by atomic mass is 19.1. The molecule has 0 spiro atoms. The van der Waals surface area contributed by atoms with E-state index >= 15 is 0 Å². The molecule has 0 heterocycles. The van der Waals surface area contributed by atoms with Gasteiger partial charge in [-0.1, -0.05) is 18.2 Å². The van der Waals surface area contributed by atoms with Crippen LogP contribution in [-0.4, -0.2) is 12.5 Å². The van der Waals surface area contributed by atoms with Crippen LogP contribution in [0.1, 0.15) is 17.3 Å². The van der Waals surface area contributed by atoms with Crippen molar-refractivity contribution in [1.29, 1.82) is 0 Å². The number of benzene rings is 2. The molecule has 2 aromatic carbocycles. The van der Waals surface area contributed by atoms with Gasteiger partial charge in [0.15, 0.2) is 0 Å². The predicted molar refractivity (Wildman–Crippen MR) is 74.9 cm³/mol. The first kappa shape index (κ1) is 14.0. The second-order valence-corrected chi connectivity index (χ2v) is 4.17. The van der Waals surface area contributed by atoms with E-state index < -0.39 is 17.5 Å². The van der Waals surface area contributed by atoms with Crippen molar-refractivity contribution in [3.05, 3.63) is 59.7 Å². The second kappa shape index (κ2) is 6.14. The van der Waals surface area contributed by atoms with Gasteiger partial charge in [0.05, 0.1) is 0 Å². The number of halogens is 2. The largest absolute Gasteiger partial charge is 0.381 e. The molecule has 20 heavy (non-hydrogen) atoms. The average molecular weight is 276 g/mol. The first-order chi connectivity index (χ1) is 9.61. The lowest BCUT2D eigenvalue weighted by atomic mass is 10.1. The van der Waals surface area contributed by atoms with Crippen molar-refractivity contribution in [3.8, 4) is 0 Å². The Morgan fingerprint density at radius 1 is 1.10 bits per heavy atom. The Kier molecular flexibility index (Phi) is 4.30. The maximum absolute atomic E-state index is 13.7. The lowest BCUT2D eigenvalue weighted by molar-refractivity contribution is 0.102. The van der Waals surface area contributed by atoms with Gasteiger partial charge >= 0.3 is 0 Å². The monoisotopic (exact) mass is 276 g/mol. The number of hydrogen-bond acceptors (Lipinski definition) is 2. The van der Waals surface area contributed by atoms with Gasteiger partial charge in [-0.3, -0.25) is 4.79 Å². The van der Waals surface area contributed by atoms with Crippen LogP contribution in [0.3, 0.4) is 0 Å². The fourth-order valence-electron chi connectivity index (χ4n) is 1.77. The molecule has 0 aliphatic rings. The van der Waals surface area contributed by atoms with Crippen LogP contribution in [0, 0.1) is 11.6 Å². The highest BCUT2D eigenvalue weighted by Crippen LogP contribution is 2.21. The van der Waals surface area contributed by atoms with Crippen molar-refractivity contribution in [2.75, 3.05) is 17.2 Å². The third kappa shape index (κ3) is 3.12. The molecule has 2 N–H and O–H groups in total. The number of para-hydroxylation sites is 1. The number of hydrogen-bond donors (Lipinski definition) is 2. The standard InChI is InChI=1S/C15H14F2N2O/c1-2-18-14-12(16)8-10(9-13(14)17)15(20)19-11-6-4-3-5-7-11/h3-9,18H,2H2,1H3,(H,19,20). The summed E-state index contributed by atoms with van der Waals surface area (Å²) in [6.45, 7) is 2.12. The van der Waals surface area contributed by atoms with Gasteiger partial charge in [-0.15, -0.1) is 0 Å². The fraction of sp³-hybridized carbons (Fsp3) is 0.133. The van der Waals surface area contributed by atoms with Crippen molar-refractivity contribution < 1.29 is 13.6 Å². The smallest absolute Gasteiger partial charge is 0.255 e. The normalized spacial score (nSPS) is 10.2. The molecular formula is C15H14F2N2O. The van der Waals surface area contributed by atoms with Gasteiger partial charge in [0, 0.05) is 17.8 Å². The molecule has 0 saturated heterocycles. The second-order valence-electron chi connectivity index (χ2n) is 4.17. The molecule has 0 bridgehead atoms. The fourth-order valence-corrected chi connectivity index (χ4v) is 1.77. The summed E-state index contributed by atoms with van der Waals surface area (Å²) in [7, 11) is 0. The van der Waals surface area contributed by atoms with Crippen LogP contribution < -0.4 is 10.6 Å². The average Bonchev–Trinajstić information content (AvgIpc) is 2.43. The molecule has 0 unspecified atom stereocenters. The lowest BCUT2D eigenvalue weighted by Crippen LogP contribution is -2.13.